The fraction of sp³-hybridized carbons (Fsp3) is 0.474. The van der Waals surface area contributed by atoms with Gasteiger partial charge in [0.2, 0.25) is 5.91 Å². The van der Waals surface area contributed by atoms with E-state index in [2.05, 4.69) is 0 Å². The second kappa shape index (κ2) is 7.02. The van der Waals surface area contributed by atoms with Crippen LogP contribution in [0.3, 0.4) is 0 Å². The number of carbonyl (C=O) groups is 4. The molecule has 0 N–H and O–H groups in total. The fourth-order valence-corrected chi connectivity index (χ4v) is 3.11. The fourth-order valence-electron chi connectivity index (χ4n) is 3.11. The number of hydrogen-bond acceptors (Lipinski definition) is 5. The smallest absolute Gasteiger partial charge is 0.410 e. The summed E-state index contributed by atoms with van der Waals surface area (Å²) >= 11 is 0. The largest absolute Gasteiger partial charge is 0.444 e. The van der Waals surface area contributed by atoms with E-state index in [1.165, 1.54) is 4.90 Å². The predicted octanol–water partition coefficient (Wildman–Crippen LogP) is 1.30. The van der Waals surface area contributed by atoms with Gasteiger partial charge in [-0.15, -0.1) is 0 Å². The van der Waals surface area contributed by atoms with Crippen LogP contribution in [-0.2, 0) is 14.3 Å². The molecular formula is C19H23N3O5. The van der Waals surface area contributed by atoms with Crippen molar-refractivity contribution in [2.24, 2.45) is 0 Å². The monoisotopic (exact) mass is 373 g/mol. The standard InChI is InChI=1S/C19H23N3O5/c1-19(2,3)27-18(26)21-10-8-20(9-11-21)15(23)12-22-14-7-5-4-6-13(14)16(24)17(22)25/h4-7H,8-12H2,1-3H3. The van der Waals surface area contributed by atoms with Crippen molar-refractivity contribution in [3.05, 3.63) is 29.8 Å². The Bertz CT molecular complexity index is 791. The number of rotatable bonds is 2. The number of amides is 3. The lowest BCUT2D eigenvalue weighted by molar-refractivity contribution is -0.132. The Labute approximate surface area is 157 Å². The van der Waals surface area contributed by atoms with Gasteiger partial charge in [-0.1, -0.05) is 12.1 Å². The van der Waals surface area contributed by atoms with E-state index in [0.717, 1.165) is 0 Å². The molecule has 0 spiro atoms. The molecule has 3 amide bonds. The molecule has 2 aliphatic rings. The highest BCUT2D eigenvalue weighted by molar-refractivity contribution is 6.52. The molecule has 0 saturated carbocycles. The molecule has 0 atom stereocenters. The Morgan fingerprint density at radius 2 is 1.59 bits per heavy atom. The van der Waals surface area contributed by atoms with Crippen LogP contribution in [0, 0.1) is 0 Å². The molecule has 0 bridgehead atoms. The summed E-state index contributed by atoms with van der Waals surface area (Å²) in [5, 5.41) is 0. The lowest BCUT2D eigenvalue weighted by Crippen LogP contribution is -2.53. The molecule has 1 aromatic carbocycles. The maximum atomic E-state index is 12.6. The average Bonchev–Trinajstić information content (AvgIpc) is 2.86. The van der Waals surface area contributed by atoms with Crippen LogP contribution >= 0.6 is 0 Å². The third-order valence-electron chi connectivity index (χ3n) is 4.46. The van der Waals surface area contributed by atoms with Crippen molar-refractivity contribution in [3.63, 3.8) is 0 Å². The van der Waals surface area contributed by atoms with Crippen LogP contribution in [0.2, 0.25) is 0 Å². The van der Waals surface area contributed by atoms with Crippen molar-refractivity contribution < 1.29 is 23.9 Å². The van der Waals surface area contributed by atoms with Gasteiger partial charge < -0.3 is 14.5 Å². The van der Waals surface area contributed by atoms with Gasteiger partial charge in [0.1, 0.15) is 12.1 Å². The first-order valence-corrected chi connectivity index (χ1v) is 8.88. The van der Waals surface area contributed by atoms with Gasteiger partial charge in [-0.25, -0.2) is 4.79 Å². The number of Topliss-reactive ketones (excluding diaryl/α,β-unsaturated/α-hetero) is 1. The van der Waals surface area contributed by atoms with Gasteiger partial charge in [-0.05, 0) is 32.9 Å². The van der Waals surface area contributed by atoms with Gasteiger partial charge >= 0.3 is 6.09 Å². The van der Waals surface area contributed by atoms with Crippen molar-refractivity contribution in [3.8, 4) is 0 Å². The van der Waals surface area contributed by atoms with Crippen LogP contribution in [0.1, 0.15) is 31.1 Å². The Kier molecular flexibility index (Phi) is 4.91. The minimum absolute atomic E-state index is 0.186. The van der Waals surface area contributed by atoms with Gasteiger partial charge in [0.05, 0.1) is 11.3 Å². The topological polar surface area (TPSA) is 87.2 Å². The van der Waals surface area contributed by atoms with Gasteiger partial charge in [0, 0.05) is 26.2 Å². The van der Waals surface area contributed by atoms with Gasteiger partial charge in [-0.2, -0.15) is 0 Å². The maximum Gasteiger partial charge on any atom is 0.410 e. The molecule has 27 heavy (non-hydrogen) atoms. The molecule has 0 aromatic heterocycles. The number of nitrogens with zero attached hydrogens (tertiary/aromatic N) is 3. The number of ketones is 1. The first-order chi connectivity index (χ1) is 12.7. The first kappa shape index (κ1) is 18.9. The van der Waals surface area contributed by atoms with Gasteiger partial charge in [0.25, 0.3) is 11.7 Å². The molecule has 8 heteroatoms. The predicted molar refractivity (Wildman–Crippen MR) is 97.5 cm³/mol. The molecule has 0 unspecified atom stereocenters. The lowest BCUT2D eigenvalue weighted by atomic mass is 10.1. The highest BCUT2D eigenvalue weighted by atomic mass is 16.6. The molecule has 1 aromatic rings. The van der Waals surface area contributed by atoms with Crippen LogP contribution < -0.4 is 4.90 Å². The molecule has 2 aliphatic heterocycles. The molecule has 0 aliphatic carbocycles. The van der Waals surface area contributed by atoms with Gasteiger partial charge in [-0.3, -0.25) is 19.3 Å². The van der Waals surface area contributed by atoms with Gasteiger partial charge in [0.15, 0.2) is 0 Å². The van der Waals surface area contributed by atoms with Crippen molar-refractivity contribution in [1.82, 2.24) is 9.80 Å². The average molecular weight is 373 g/mol. The van der Waals surface area contributed by atoms with Crippen LogP contribution in [0.15, 0.2) is 24.3 Å². The summed E-state index contributed by atoms with van der Waals surface area (Å²) in [5.41, 5.74) is 0.221. The highest BCUT2D eigenvalue weighted by Crippen LogP contribution is 2.28. The third-order valence-corrected chi connectivity index (χ3v) is 4.46. The lowest BCUT2D eigenvalue weighted by Gasteiger charge is -2.36. The number of para-hydroxylation sites is 1. The zero-order chi connectivity index (χ0) is 19.8. The number of carbonyl (C=O) groups excluding carboxylic acids is 4. The van der Waals surface area contributed by atoms with E-state index >= 15 is 0 Å². The molecule has 3 rings (SSSR count). The Balaban J connectivity index is 1.59. The summed E-state index contributed by atoms with van der Waals surface area (Å²) in [7, 11) is 0. The van der Waals surface area contributed by atoms with E-state index in [9.17, 15) is 19.2 Å². The zero-order valence-corrected chi connectivity index (χ0v) is 15.7. The number of anilines is 1. The number of fused-ring (bicyclic) bond motifs is 1. The van der Waals surface area contributed by atoms with Crippen LogP contribution in [-0.4, -0.2) is 71.8 Å². The second-order valence-electron chi connectivity index (χ2n) is 7.59. The molecule has 8 nitrogen and oxygen atoms in total. The molecule has 1 fully saturated rings. The third kappa shape index (κ3) is 3.94. The Hall–Kier alpha value is -2.90. The number of piperazine rings is 1. The Morgan fingerprint density at radius 1 is 1.00 bits per heavy atom. The van der Waals surface area contributed by atoms with Crippen molar-refractivity contribution in [2.45, 2.75) is 26.4 Å². The Morgan fingerprint density at radius 3 is 2.22 bits per heavy atom. The quantitative estimate of drug-likeness (QED) is 0.729. The summed E-state index contributed by atoms with van der Waals surface area (Å²) in [6.45, 7) is 6.66. The molecule has 1 saturated heterocycles. The van der Waals surface area contributed by atoms with E-state index < -0.39 is 23.4 Å². The summed E-state index contributed by atoms with van der Waals surface area (Å²) < 4.78 is 5.34. The van der Waals surface area contributed by atoms with E-state index in [1.807, 2.05) is 0 Å². The summed E-state index contributed by atoms with van der Waals surface area (Å²) in [6.07, 6.45) is -0.399. The molecule has 2 heterocycles. The van der Waals surface area contributed by atoms with E-state index in [4.69, 9.17) is 4.74 Å². The molecule has 144 valence electrons. The number of hydrogen-bond donors (Lipinski definition) is 0. The van der Waals surface area contributed by atoms with E-state index in [1.54, 1.807) is 54.8 Å². The number of ether oxygens (including phenoxy) is 1. The van der Waals surface area contributed by atoms with E-state index in [-0.39, 0.29) is 12.5 Å². The zero-order valence-electron chi connectivity index (χ0n) is 15.7. The number of benzene rings is 1. The first-order valence-electron chi connectivity index (χ1n) is 8.88. The normalized spacial score (nSPS) is 17.2. The SMILES string of the molecule is CC(C)(C)OC(=O)N1CCN(C(=O)CN2C(=O)C(=O)c3ccccc32)CC1. The van der Waals surface area contributed by atoms with Crippen LogP contribution in [0.4, 0.5) is 10.5 Å². The maximum absolute atomic E-state index is 12.6. The minimum atomic E-state index is -0.683. The summed E-state index contributed by atoms with van der Waals surface area (Å²) in [5.74, 6) is -1.53. The van der Waals surface area contributed by atoms with E-state index in [0.29, 0.717) is 37.4 Å². The second-order valence-corrected chi connectivity index (χ2v) is 7.59. The molecular weight excluding hydrogens is 350 g/mol. The summed E-state index contributed by atoms with van der Waals surface area (Å²) in [6, 6.07) is 6.65. The van der Waals surface area contributed by atoms with Crippen molar-refractivity contribution in [2.75, 3.05) is 37.6 Å². The molecule has 0 radical (unpaired) electrons. The van der Waals surface area contributed by atoms with Crippen LogP contribution in [0.5, 0.6) is 0 Å². The van der Waals surface area contributed by atoms with Crippen LogP contribution in [0.25, 0.3) is 0 Å². The van der Waals surface area contributed by atoms with Crippen molar-refractivity contribution >= 4 is 29.4 Å². The summed E-state index contributed by atoms with van der Waals surface area (Å²) in [4.78, 5) is 53.3. The van der Waals surface area contributed by atoms with Crippen molar-refractivity contribution in [1.29, 1.82) is 0 Å². The minimum Gasteiger partial charge on any atom is -0.444 e. The highest BCUT2D eigenvalue weighted by Gasteiger charge is 2.37.